The Morgan fingerprint density at radius 1 is 1.36 bits per heavy atom. The first kappa shape index (κ1) is 18.7. The summed E-state index contributed by atoms with van der Waals surface area (Å²) in [6, 6.07) is 2.69. The van der Waals surface area contributed by atoms with E-state index in [1.165, 1.54) is 12.7 Å². The van der Waals surface area contributed by atoms with E-state index in [4.69, 9.17) is 16.3 Å². The number of carbonyl (C=O) groups is 2. The standard InChI is InChI=1S/C21H22ClN3O3/c1-12-4-3-5-14-15-10-16(21(27)28-2)25(17(26)11-22)20(19(15)24-18(12)14)13-6-8-23-9-7-13/h3-9,12,16,18,20,24H,10-11H2,1-2H3/t12?,16-,18?,20?/m0/s1. The summed E-state index contributed by atoms with van der Waals surface area (Å²) in [4.78, 5) is 31.1. The van der Waals surface area contributed by atoms with E-state index in [1.807, 2.05) is 12.1 Å². The molecule has 0 saturated heterocycles. The van der Waals surface area contributed by atoms with Gasteiger partial charge in [0.2, 0.25) is 5.91 Å². The van der Waals surface area contributed by atoms with Crippen molar-refractivity contribution in [3.05, 3.63) is 65.2 Å². The Bertz CT molecular complexity index is 893. The summed E-state index contributed by atoms with van der Waals surface area (Å²) in [7, 11) is 1.34. The van der Waals surface area contributed by atoms with Crippen molar-refractivity contribution in [3.8, 4) is 0 Å². The summed E-state index contributed by atoms with van der Waals surface area (Å²) in [6.07, 6.45) is 10.1. The van der Waals surface area contributed by atoms with Crippen molar-refractivity contribution in [2.24, 2.45) is 5.92 Å². The summed E-state index contributed by atoms with van der Waals surface area (Å²) >= 11 is 5.93. The Kier molecular flexibility index (Phi) is 4.98. The highest BCUT2D eigenvalue weighted by Crippen LogP contribution is 2.46. The van der Waals surface area contributed by atoms with Gasteiger partial charge >= 0.3 is 5.97 Å². The van der Waals surface area contributed by atoms with Gasteiger partial charge in [-0.15, -0.1) is 11.6 Å². The number of rotatable bonds is 3. The molecule has 4 atom stereocenters. The van der Waals surface area contributed by atoms with Gasteiger partial charge in [-0.2, -0.15) is 0 Å². The van der Waals surface area contributed by atoms with Crippen molar-refractivity contribution in [1.82, 2.24) is 15.2 Å². The van der Waals surface area contributed by atoms with Crippen LogP contribution >= 0.6 is 11.6 Å². The molecule has 7 heteroatoms. The second kappa shape index (κ2) is 7.43. The van der Waals surface area contributed by atoms with E-state index in [2.05, 4.69) is 35.5 Å². The fourth-order valence-electron chi connectivity index (χ4n) is 4.42. The number of alkyl halides is 1. The van der Waals surface area contributed by atoms with Crippen molar-refractivity contribution in [2.75, 3.05) is 13.0 Å². The number of halogens is 1. The number of amides is 1. The molecule has 1 aromatic rings. The zero-order valence-corrected chi connectivity index (χ0v) is 16.5. The number of pyridine rings is 1. The third-order valence-corrected chi connectivity index (χ3v) is 5.95. The average molecular weight is 400 g/mol. The molecule has 3 aliphatic rings. The second-order valence-electron chi connectivity index (χ2n) is 7.24. The van der Waals surface area contributed by atoms with Crippen LogP contribution in [0.4, 0.5) is 0 Å². The Labute approximate surface area is 168 Å². The number of methoxy groups -OCH3 is 1. The third-order valence-electron chi connectivity index (χ3n) is 5.72. The minimum Gasteiger partial charge on any atom is -0.467 e. The molecule has 1 aliphatic carbocycles. The highest BCUT2D eigenvalue weighted by atomic mass is 35.5. The molecule has 6 nitrogen and oxygen atoms in total. The number of hydrogen-bond acceptors (Lipinski definition) is 5. The van der Waals surface area contributed by atoms with Gasteiger partial charge in [-0.1, -0.05) is 25.2 Å². The van der Waals surface area contributed by atoms with Crippen molar-refractivity contribution >= 4 is 23.5 Å². The number of esters is 1. The molecule has 0 fully saturated rings. The van der Waals surface area contributed by atoms with Gasteiger partial charge in [0.25, 0.3) is 0 Å². The lowest BCUT2D eigenvalue weighted by molar-refractivity contribution is -0.154. The van der Waals surface area contributed by atoms with Gasteiger partial charge in [-0.3, -0.25) is 9.78 Å². The number of hydrogen-bond donors (Lipinski definition) is 1. The Balaban J connectivity index is 1.89. The van der Waals surface area contributed by atoms with Gasteiger partial charge < -0.3 is 15.0 Å². The van der Waals surface area contributed by atoms with Crippen LogP contribution in [0.3, 0.4) is 0 Å². The molecule has 4 rings (SSSR count). The van der Waals surface area contributed by atoms with Crippen LogP contribution in [0, 0.1) is 5.92 Å². The maximum atomic E-state index is 12.8. The molecule has 0 aromatic carbocycles. The summed E-state index contributed by atoms with van der Waals surface area (Å²) < 4.78 is 5.04. The van der Waals surface area contributed by atoms with E-state index in [1.54, 1.807) is 17.3 Å². The zero-order chi connectivity index (χ0) is 19.8. The van der Waals surface area contributed by atoms with Gasteiger partial charge in [0.15, 0.2) is 0 Å². The molecule has 146 valence electrons. The first-order valence-corrected chi connectivity index (χ1v) is 9.83. The van der Waals surface area contributed by atoms with Gasteiger partial charge in [0, 0.05) is 24.5 Å². The van der Waals surface area contributed by atoms with Crippen LogP contribution < -0.4 is 5.32 Å². The molecule has 3 heterocycles. The van der Waals surface area contributed by atoms with Gasteiger partial charge in [0.1, 0.15) is 11.9 Å². The Hall–Kier alpha value is -2.60. The third kappa shape index (κ3) is 2.92. The molecule has 2 aliphatic heterocycles. The Morgan fingerprint density at radius 3 is 2.79 bits per heavy atom. The molecule has 28 heavy (non-hydrogen) atoms. The molecular weight excluding hydrogens is 378 g/mol. The highest BCUT2D eigenvalue weighted by Gasteiger charge is 2.48. The summed E-state index contributed by atoms with van der Waals surface area (Å²) in [5, 5.41) is 3.63. The topological polar surface area (TPSA) is 71.5 Å². The maximum Gasteiger partial charge on any atom is 0.328 e. The highest BCUT2D eigenvalue weighted by molar-refractivity contribution is 6.27. The molecule has 0 bridgehead atoms. The molecule has 0 saturated carbocycles. The average Bonchev–Trinajstić information content (AvgIpc) is 3.11. The first-order chi connectivity index (χ1) is 13.6. The van der Waals surface area contributed by atoms with Crippen molar-refractivity contribution in [2.45, 2.75) is 31.5 Å². The molecule has 1 N–H and O–H groups in total. The fourth-order valence-corrected chi connectivity index (χ4v) is 4.55. The molecule has 3 unspecified atom stereocenters. The largest absolute Gasteiger partial charge is 0.467 e. The lowest BCUT2D eigenvalue weighted by Gasteiger charge is -2.41. The quantitative estimate of drug-likeness (QED) is 0.624. The van der Waals surface area contributed by atoms with E-state index in [-0.39, 0.29) is 17.8 Å². The number of nitrogens with zero attached hydrogens (tertiary/aromatic N) is 2. The number of allylic oxidation sites excluding steroid dienone is 2. The number of carbonyl (C=O) groups excluding carboxylic acids is 2. The lowest BCUT2D eigenvalue weighted by atomic mass is 9.83. The zero-order valence-electron chi connectivity index (χ0n) is 15.8. The van der Waals surface area contributed by atoms with Crippen LogP contribution in [-0.4, -0.2) is 46.8 Å². The minimum absolute atomic E-state index is 0.128. The molecule has 1 amide bonds. The summed E-state index contributed by atoms with van der Waals surface area (Å²) in [5.41, 5.74) is 4.09. The summed E-state index contributed by atoms with van der Waals surface area (Å²) in [5.74, 6) is -0.644. The van der Waals surface area contributed by atoms with E-state index in [0.29, 0.717) is 12.3 Å². The molecule has 0 radical (unpaired) electrons. The monoisotopic (exact) mass is 399 g/mol. The van der Waals surface area contributed by atoms with Crippen LogP contribution in [-0.2, 0) is 14.3 Å². The van der Waals surface area contributed by atoms with Gasteiger partial charge in [-0.05, 0) is 34.8 Å². The van der Waals surface area contributed by atoms with E-state index < -0.39 is 18.1 Å². The van der Waals surface area contributed by atoms with E-state index in [0.717, 1.165) is 16.8 Å². The predicted octanol–water partition coefficient (Wildman–Crippen LogP) is 2.49. The van der Waals surface area contributed by atoms with Crippen molar-refractivity contribution in [3.63, 3.8) is 0 Å². The van der Waals surface area contributed by atoms with Gasteiger partial charge in [0.05, 0.1) is 19.2 Å². The van der Waals surface area contributed by atoms with Crippen molar-refractivity contribution in [1.29, 1.82) is 0 Å². The fraction of sp³-hybridized carbons (Fsp3) is 0.381. The van der Waals surface area contributed by atoms with Crippen LogP contribution in [0.1, 0.15) is 24.9 Å². The SMILES string of the molecule is COC(=O)[C@@H]1CC2=C(NC3C2=CC=CC3C)C(c2ccncc2)N1C(=O)CCl. The van der Waals surface area contributed by atoms with Crippen molar-refractivity contribution < 1.29 is 14.3 Å². The first-order valence-electron chi connectivity index (χ1n) is 9.30. The predicted molar refractivity (Wildman–Crippen MR) is 105 cm³/mol. The lowest BCUT2D eigenvalue weighted by Crippen LogP contribution is -2.52. The normalized spacial score (nSPS) is 28.2. The number of ether oxygens (including phenoxy) is 1. The summed E-state index contributed by atoms with van der Waals surface area (Å²) in [6.45, 7) is 2.15. The number of fused-ring (bicyclic) bond motifs is 2. The van der Waals surface area contributed by atoms with Gasteiger partial charge in [-0.25, -0.2) is 4.79 Å². The van der Waals surface area contributed by atoms with Crippen LogP contribution in [0.15, 0.2) is 59.6 Å². The van der Waals surface area contributed by atoms with E-state index in [9.17, 15) is 9.59 Å². The maximum absolute atomic E-state index is 12.8. The minimum atomic E-state index is -0.726. The number of aromatic nitrogens is 1. The van der Waals surface area contributed by atoms with Crippen LogP contribution in [0.2, 0.25) is 0 Å². The number of nitrogens with one attached hydrogen (secondary N) is 1. The molecule has 0 spiro atoms. The second-order valence-corrected chi connectivity index (χ2v) is 7.51. The van der Waals surface area contributed by atoms with Crippen LogP contribution in [0.5, 0.6) is 0 Å². The van der Waals surface area contributed by atoms with Crippen LogP contribution in [0.25, 0.3) is 0 Å². The molecular formula is C21H22ClN3O3. The Morgan fingerprint density at radius 2 is 2.11 bits per heavy atom. The van der Waals surface area contributed by atoms with E-state index >= 15 is 0 Å². The molecule has 1 aromatic heterocycles. The smallest absolute Gasteiger partial charge is 0.328 e.